The largest absolute Gasteiger partial charge is 0.307 e. The normalized spacial score (nSPS) is 25.2. The second-order valence-corrected chi connectivity index (χ2v) is 8.36. The summed E-state index contributed by atoms with van der Waals surface area (Å²) in [6, 6.07) is 3.12. The lowest BCUT2D eigenvalue weighted by atomic mass is 10.4. The predicted octanol–water partition coefficient (Wildman–Crippen LogP) is 0.882. The Kier molecular flexibility index (Phi) is 4.34. The van der Waals surface area contributed by atoms with Crippen molar-refractivity contribution in [2.75, 3.05) is 18.5 Å². The Morgan fingerprint density at radius 2 is 2.05 bits per heavy atom. The maximum Gasteiger partial charge on any atom is 0.246 e. The molecule has 2 unspecified atom stereocenters. The minimum Gasteiger partial charge on any atom is -0.307 e. The molecule has 0 bridgehead atoms. The number of rotatable bonds is 3. The van der Waals surface area contributed by atoms with Crippen molar-refractivity contribution in [1.82, 2.24) is 9.29 Å². The zero-order chi connectivity index (χ0) is 14.0. The first-order chi connectivity index (χ1) is 8.95. The number of hydrogen-bond donors (Lipinski definition) is 2. The molecule has 1 saturated heterocycles. The minimum atomic E-state index is -3.56. The molecule has 2 heterocycles. The number of pyridine rings is 1. The van der Waals surface area contributed by atoms with Crippen LogP contribution in [0.4, 0.5) is 5.82 Å². The predicted molar refractivity (Wildman–Crippen MR) is 77.3 cm³/mol. The molecule has 1 aromatic rings. The van der Waals surface area contributed by atoms with E-state index in [9.17, 15) is 8.42 Å². The molecular weight excluding hydrogens is 284 g/mol. The summed E-state index contributed by atoms with van der Waals surface area (Å²) in [5, 5.41) is 0.564. The average Bonchev–Trinajstić information content (AvgIpc) is 2.37. The molecule has 106 valence electrons. The van der Waals surface area contributed by atoms with Gasteiger partial charge in [-0.2, -0.15) is 16.1 Å². The van der Waals surface area contributed by atoms with Gasteiger partial charge in [0.2, 0.25) is 10.0 Å². The highest BCUT2D eigenvalue weighted by molar-refractivity contribution is 8.00. The zero-order valence-corrected chi connectivity index (χ0v) is 12.5. The molecule has 2 atom stereocenters. The van der Waals surface area contributed by atoms with E-state index in [0.29, 0.717) is 13.1 Å². The van der Waals surface area contributed by atoms with E-state index in [-0.39, 0.29) is 21.2 Å². The van der Waals surface area contributed by atoms with E-state index in [1.807, 2.05) is 13.8 Å². The second-order valence-electron chi connectivity index (χ2n) is 4.57. The molecular formula is C11H18N4O2S2. The summed E-state index contributed by atoms with van der Waals surface area (Å²) in [5.41, 5.74) is 2.34. The number of sulfonamides is 1. The smallest absolute Gasteiger partial charge is 0.246 e. The summed E-state index contributed by atoms with van der Waals surface area (Å²) in [7, 11) is -3.56. The lowest BCUT2D eigenvalue weighted by Gasteiger charge is -2.33. The molecule has 3 N–H and O–H groups in total. The van der Waals surface area contributed by atoms with Crippen LogP contribution < -0.4 is 11.3 Å². The van der Waals surface area contributed by atoms with Crippen LogP contribution in [0.3, 0.4) is 0 Å². The third kappa shape index (κ3) is 3.02. The maximum atomic E-state index is 12.6. The van der Waals surface area contributed by atoms with Crippen LogP contribution in [-0.4, -0.2) is 41.3 Å². The quantitative estimate of drug-likeness (QED) is 0.636. The van der Waals surface area contributed by atoms with Gasteiger partial charge < -0.3 is 5.43 Å². The van der Waals surface area contributed by atoms with Crippen molar-refractivity contribution in [2.45, 2.75) is 29.2 Å². The molecule has 0 radical (unpaired) electrons. The Balaban J connectivity index is 2.36. The van der Waals surface area contributed by atoms with Crippen LogP contribution in [0.1, 0.15) is 13.8 Å². The van der Waals surface area contributed by atoms with Gasteiger partial charge in [0.05, 0.1) is 0 Å². The molecule has 2 rings (SSSR count). The number of nitrogens with two attached hydrogens (primary N) is 1. The van der Waals surface area contributed by atoms with Gasteiger partial charge >= 0.3 is 0 Å². The molecule has 8 heteroatoms. The van der Waals surface area contributed by atoms with E-state index in [1.54, 1.807) is 17.8 Å². The first kappa shape index (κ1) is 14.6. The van der Waals surface area contributed by atoms with Crippen molar-refractivity contribution in [1.29, 1.82) is 0 Å². The zero-order valence-electron chi connectivity index (χ0n) is 10.9. The number of anilines is 1. The Morgan fingerprint density at radius 1 is 1.42 bits per heavy atom. The molecule has 1 fully saturated rings. The van der Waals surface area contributed by atoms with E-state index in [1.165, 1.54) is 16.6 Å². The minimum absolute atomic E-state index is 0.129. The molecule has 0 aromatic carbocycles. The number of hydrazine groups is 1. The first-order valence-corrected chi connectivity index (χ1v) is 8.40. The third-order valence-corrected chi connectivity index (χ3v) is 6.00. The highest BCUT2D eigenvalue weighted by Crippen LogP contribution is 2.30. The molecule has 0 aliphatic carbocycles. The second kappa shape index (κ2) is 5.66. The number of aromatic nitrogens is 1. The van der Waals surface area contributed by atoms with E-state index in [2.05, 4.69) is 10.4 Å². The van der Waals surface area contributed by atoms with E-state index >= 15 is 0 Å². The van der Waals surface area contributed by atoms with Crippen LogP contribution in [-0.2, 0) is 10.0 Å². The van der Waals surface area contributed by atoms with Crippen molar-refractivity contribution in [3.63, 3.8) is 0 Å². The van der Waals surface area contributed by atoms with E-state index in [0.717, 1.165) is 0 Å². The fourth-order valence-corrected chi connectivity index (χ4v) is 5.41. The molecule has 1 aromatic heterocycles. The Hall–Kier alpha value is -0.830. The van der Waals surface area contributed by atoms with Crippen molar-refractivity contribution in [3.05, 3.63) is 18.3 Å². The van der Waals surface area contributed by atoms with Gasteiger partial charge in [-0.15, -0.1) is 0 Å². The molecule has 1 aliphatic heterocycles. The average molecular weight is 302 g/mol. The fourth-order valence-electron chi connectivity index (χ4n) is 2.17. The van der Waals surface area contributed by atoms with Gasteiger partial charge in [-0.25, -0.2) is 19.2 Å². The fraction of sp³-hybridized carbons (Fsp3) is 0.545. The van der Waals surface area contributed by atoms with Crippen LogP contribution in [0.5, 0.6) is 0 Å². The van der Waals surface area contributed by atoms with Crippen LogP contribution >= 0.6 is 11.8 Å². The number of thioether (sulfide) groups is 1. The summed E-state index contributed by atoms with van der Waals surface area (Å²) in [5.74, 6) is 5.51. The molecule has 0 spiro atoms. The number of hydrogen-bond acceptors (Lipinski definition) is 6. The molecule has 1 aliphatic rings. The number of nitrogen functional groups attached to an aromatic ring is 1. The Morgan fingerprint density at radius 3 is 2.63 bits per heavy atom. The highest BCUT2D eigenvalue weighted by Gasteiger charge is 2.33. The van der Waals surface area contributed by atoms with Gasteiger partial charge in [0.25, 0.3) is 0 Å². The number of nitrogens with one attached hydrogen (secondary N) is 1. The summed E-state index contributed by atoms with van der Waals surface area (Å²) in [4.78, 5) is 4.08. The Labute approximate surface area is 117 Å². The monoisotopic (exact) mass is 302 g/mol. The van der Waals surface area contributed by atoms with Crippen molar-refractivity contribution >= 4 is 27.6 Å². The Bertz CT molecular complexity index is 539. The highest BCUT2D eigenvalue weighted by atomic mass is 32.2. The topological polar surface area (TPSA) is 88.3 Å². The van der Waals surface area contributed by atoms with Crippen molar-refractivity contribution in [3.8, 4) is 0 Å². The van der Waals surface area contributed by atoms with Gasteiger partial charge in [-0.1, -0.05) is 13.8 Å². The van der Waals surface area contributed by atoms with E-state index in [4.69, 9.17) is 5.84 Å². The lowest BCUT2D eigenvalue weighted by molar-refractivity contribution is 0.405. The van der Waals surface area contributed by atoms with Crippen molar-refractivity contribution < 1.29 is 8.42 Å². The molecule has 19 heavy (non-hydrogen) atoms. The summed E-state index contributed by atoms with van der Waals surface area (Å²) < 4.78 is 26.8. The van der Waals surface area contributed by atoms with Crippen LogP contribution in [0.25, 0.3) is 0 Å². The van der Waals surface area contributed by atoms with Crippen LogP contribution in [0, 0.1) is 0 Å². The molecule has 6 nitrogen and oxygen atoms in total. The number of nitrogens with zero attached hydrogens (tertiary/aromatic N) is 2. The van der Waals surface area contributed by atoms with Gasteiger partial charge in [-0.05, 0) is 12.1 Å². The molecule has 0 amide bonds. The maximum absolute atomic E-state index is 12.6. The van der Waals surface area contributed by atoms with Gasteiger partial charge in [0.15, 0.2) is 5.82 Å². The first-order valence-electron chi connectivity index (χ1n) is 6.02. The van der Waals surface area contributed by atoms with E-state index < -0.39 is 10.0 Å². The summed E-state index contributed by atoms with van der Waals surface area (Å²) in [6.07, 6.45) is 1.51. The van der Waals surface area contributed by atoms with Gasteiger partial charge in [0, 0.05) is 29.8 Å². The summed E-state index contributed by atoms with van der Waals surface area (Å²) in [6.45, 7) is 5.09. The van der Waals surface area contributed by atoms with Crippen molar-refractivity contribution in [2.24, 2.45) is 5.84 Å². The third-order valence-electron chi connectivity index (χ3n) is 2.91. The molecule has 0 saturated carbocycles. The lowest BCUT2D eigenvalue weighted by Crippen LogP contribution is -2.44. The summed E-state index contributed by atoms with van der Waals surface area (Å²) >= 11 is 1.80. The SMILES string of the molecule is CC1CN(S(=O)(=O)c2cccnc2NN)CC(C)S1. The van der Waals surface area contributed by atoms with Gasteiger partial charge in [0.1, 0.15) is 4.90 Å². The standard InChI is InChI=1S/C11H18N4O2S2/c1-8-6-15(7-9(2)18-8)19(16,17)10-4-3-5-13-11(10)14-12/h3-5,8-9H,6-7,12H2,1-2H3,(H,13,14). The van der Waals surface area contributed by atoms with Crippen LogP contribution in [0.2, 0.25) is 0 Å². The van der Waals surface area contributed by atoms with Crippen LogP contribution in [0.15, 0.2) is 23.2 Å². The van der Waals surface area contributed by atoms with Gasteiger partial charge in [-0.3, -0.25) is 0 Å².